The highest BCUT2D eigenvalue weighted by Gasteiger charge is 2.34. The van der Waals surface area contributed by atoms with Crippen LogP contribution >= 0.6 is 0 Å². The summed E-state index contributed by atoms with van der Waals surface area (Å²) < 4.78 is 49.6. The number of halogens is 2. The van der Waals surface area contributed by atoms with Crippen LogP contribution in [0.1, 0.15) is 37.7 Å². The fourth-order valence-electron chi connectivity index (χ4n) is 2.94. The molecule has 1 aliphatic rings. The van der Waals surface area contributed by atoms with Crippen LogP contribution in [-0.2, 0) is 9.84 Å². The van der Waals surface area contributed by atoms with E-state index in [1.165, 1.54) is 12.3 Å². The topological polar surface area (TPSA) is 46.2 Å². The molecular formula is C15H21F2NO2S. The lowest BCUT2D eigenvalue weighted by molar-refractivity contribution is 0.483. The van der Waals surface area contributed by atoms with Gasteiger partial charge in [0.25, 0.3) is 0 Å². The van der Waals surface area contributed by atoms with E-state index < -0.39 is 21.5 Å². The predicted molar refractivity (Wildman–Crippen MR) is 79.0 cm³/mol. The van der Waals surface area contributed by atoms with Gasteiger partial charge in [0, 0.05) is 18.8 Å². The zero-order valence-corrected chi connectivity index (χ0v) is 13.1. The number of hydrogen-bond donors (Lipinski definition) is 1. The average molecular weight is 317 g/mol. The Labute approximate surface area is 124 Å². The summed E-state index contributed by atoms with van der Waals surface area (Å²) in [7, 11) is -3.05. The van der Waals surface area contributed by atoms with Crippen molar-refractivity contribution in [1.29, 1.82) is 0 Å². The van der Waals surface area contributed by atoms with Gasteiger partial charge in [-0.1, -0.05) is 19.4 Å². The molecule has 1 saturated carbocycles. The van der Waals surface area contributed by atoms with Crippen LogP contribution < -0.4 is 5.32 Å². The molecule has 0 aliphatic heterocycles. The van der Waals surface area contributed by atoms with Crippen molar-refractivity contribution in [3.8, 4) is 0 Å². The lowest BCUT2D eigenvalue weighted by Crippen LogP contribution is -2.41. The molecule has 6 heteroatoms. The molecule has 21 heavy (non-hydrogen) atoms. The van der Waals surface area contributed by atoms with Crippen LogP contribution in [0.5, 0.6) is 0 Å². The van der Waals surface area contributed by atoms with Crippen LogP contribution in [0.15, 0.2) is 18.2 Å². The van der Waals surface area contributed by atoms with Gasteiger partial charge in [-0.3, -0.25) is 0 Å². The molecule has 1 aromatic rings. The molecule has 1 aromatic carbocycles. The van der Waals surface area contributed by atoms with Crippen LogP contribution in [0.3, 0.4) is 0 Å². The summed E-state index contributed by atoms with van der Waals surface area (Å²) in [5, 5.41) is 2.94. The van der Waals surface area contributed by atoms with E-state index in [4.69, 9.17) is 0 Å². The minimum Gasteiger partial charge on any atom is -0.312 e. The Morgan fingerprint density at radius 2 is 2.00 bits per heavy atom. The van der Waals surface area contributed by atoms with Gasteiger partial charge in [0.05, 0.1) is 5.25 Å². The van der Waals surface area contributed by atoms with E-state index >= 15 is 0 Å². The van der Waals surface area contributed by atoms with Gasteiger partial charge in [-0.2, -0.15) is 0 Å². The smallest absolute Gasteiger partial charge is 0.159 e. The number of sulfone groups is 1. The third-order valence-corrected chi connectivity index (χ3v) is 5.87. The zero-order chi connectivity index (χ0) is 15.6. The van der Waals surface area contributed by atoms with Crippen molar-refractivity contribution in [2.24, 2.45) is 0 Å². The molecule has 0 heterocycles. The summed E-state index contributed by atoms with van der Waals surface area (Å²) in [5.74, 6) is -1.72. The highest BCUT2D eigenvalue weighted by atomic mass is 32.2. The number of rotatable bonds is 5. The SMILES string of the molecule is C[C@H](CN[C@H]1CCC[C@H]1S(C)(=O)=O)c1ccc(F)c(F)c1. The van der Waals surface area contributed by atoms with Crippen LogP contribution in [0.25, 0.3) is 0 Å². The Hall–Kier alpha value is -1.01. The average Bonchev–Trinajstić information content (AvgIpc) is 2.87. The van der Waals surface area contributed by atoms with E-state index in [0.29, 0.717) is 18.5 Å². The van der Waals surface area contributed by atoms with Gasteiger partial charge in [-0.15, -0.1) is 0 Å². The van der Waals surface area contributed by atoms with Crippen LogP contribution in [0.2, 0.25) is 0 Å². The third-order valence-electron chi connectivity index (χ3n) is 4.20. The maximum Gasteiger partial charge on any atom is 0.159 e. The van der Waals surface area contributed by atoms with E-state index in [1.54, 1.807) is 6.07 Å². The second-order valence-corrected chi connectivity index (χ2v) is 8.15. The molecular weight excluding hydrogens is 296 g/mol. The minimum absolute atomic E-state index is 0.0130. The van der Waals surface area contributed by atoms with Gasteiger partial charge in [0.2, 0.25) is 0 Å². The first-order chi connectivity index (χ1) is 9.79. The molecule has 0 amide bonds. The van der Waals surface area contributed by atoms with Gasteiger partial charge in [-0.25, -0.2) is 17.2 Å². The minimum atomic E-state index is -3.05. The van der Waals surface area contributed by atoms with Crippen molar-refractivity contribution < 1.29 is 17.2 Å². The Morgan fingerprint density at radius 1 is 1.29 bits per heavy atom. The Kier molecular flexibility index (Phi) is 4.99. The first-order valence-corrected chi connectivity index (χ1v) is 9.11. The first-order valence-electron chi connectivity index (χ1n) is 7.16. The molecule has 1 aliphatic carbocycles. The normalized spacial score (nSPS) is 24.2. The summed E-state index contributed by atoms with van der Waals surface area (Å²) in [4.78, 5) is 0. The third kappa shape index (κ3) is 4.01. The number of nitrogens with one attached hydrogen (secondary N) is 1. The fraction of sp³-hybridized carbons (Fsp3) is 0.600. The van der Waals surface area contributed by atoms with E-state index in [9.17, 15) is 17.2 Å². The van der Waals surface area contributed by atoms with Gasteiger partial charge in [0.1, 0.15) is 0 Å². The molecule has 1 N–H and O–H groups in total. The van der Waals surface area contributed by atoms with Gasteiger partial charge in [0.15, 0.2) is 21.5 Å². The van der Waals surface area contributed by atoms with Crippen molar-refractivity contribution in [3.05, 3.63) is 35.4 Å². The molecule has 2 rings (SSSR count). The zero-order valence-electron chi connectivity index (χ0n) is 12.3. The van der Waals surface area contributed by atoms with Crippen molar-refractivity contribution in [2.75, 3.05) is 12.8 Å². The van der Waals surface area contributed by atoms with Crippen molar-refractivity contribution >= 4 is 9.84 Å². The van der Waals surface area contributed by atoms with Gasteiger partial charge in [-0.05, 0) is 36.5 Å². The van der Waals surface area contributed by atoms with Crippen LogP contribution in [0, 0.1) is 11.6 Å². The maximum atomic E-state index is 13.2. The van der Waals surface area contributed by atoms with Gasteiger partial charge >= 0.3 is 0 Å². The molecule has 3 atom stereocenters. The van der Waals surface area contributed by atoms with E-state index in [2.05, 4.69) is 5.32 Å². The number of hydrogen-bond acceptors (Lipinski definition) is 3. The number of benzene rings is 1. The summed E-state index contributed by atoms with van der Waals surface area (Å²) >= 11 is 0. The summed E-state index contributed by atoms with van der Waals surface area (Å²) in [6.45, 7) is 2.45. The highest BCUT2D eigenvalue weighted by Crippen LogP contribution is 2.26. The van der Waals surface area contributed by atoms with E-state index in [0.717, 1.165) is 18.9 Å². The van der Waals surface area contributed by atoms with Gasteiger partial charge < -0.3 is 5.32 Å². The Morgan fingerprint density at radius 3 is 2.62 bits per heavy atom. The van der Waals surface area contributed by atoms with E-state index in [-0.39, 0.29) is 17.2 Å². The highest BCUT2D eigenvalue weighted by molar-refractivity contribution is 7.91. The van der Waals surface area contributed by atoms with Crippen molar-refractivity contribution in [3.63, 3.8) is 0 Å². The maximum absolute atomic E-state index is 13.2. The molecule has 0 bridgehead atoms. The summed E-state index contributed by atoms with van der Waals surface area (Å²) in [6, 6.07) is 3.83. The molecule has 0 aromatic heterocycles. The molecule has 0 saturated heterocycles. The monoisotopic (exact) mass is 317 g/mol. The molecule has 0 spiro atoms. The predicted octanol–water partition coefficient (Wildman–Crippen LogP) is 2.62. The van der Waals surface area contributed by atoms with E-state index in [1.807, 2.05) is 6.92 Å². The lowest BCUT2D eigenvalue weighted by Gasteiger charge is -2.22. The largest absolute Gasteiger partial charge is 0.312 e. The molecule has 0 radical (unpaired) electrons. The molecule has 1 fully saturated rings. The van der Waals surface area contributed by atoms with Crippen molar-refractivity contribution in [1.82, 2.24) is 5.32 Å². The molecule has 0 unspecified atom stereocenters. The summed E-state index contributed by atoms with van der Waals surface area (Å²) in [5.41, 5.74) is 0.704. The quantitative estimate of drug-likeness (QED) is 0.908. The lowest BCUT2D eigenvalue weighted by atomic mass is 10.0. The van der Waals surface area contributed by atoms with Crippen LogP contribution in [0.4, 0.5) is 8.78 Å². The fourth-order valence-corrected chi connectivity index (χ4v) is 4.36. The Balaban J connectivity index is 1.97. The summed E-state index contributed by atoms with van der Waals surface area (Å²) in [6.07, 6.45) is 3.70. The Bertz CT molecular complexity index is 604. The molecule has 118 valence electrons. The second-order valence-electron chi connectivity index (χ2n) is 5.89. The first kappa shape index (κ1) is 16.4. The standard InChI is InChI=1S/C15H21F2NO2S/c1-10(11-6-7-12(16)13(17)8-11)9-18-14-4-3-5-15(14)21(2,19)20/h6-8,10,14-15,18H,3-5,9H2,1-2H3/t10-,14+,15-/m1/s1. The molecule has 3 nitrogen and oxygen atoms in total. The van der Waals surface area contributed by atoms with Crippen molar-refractivity contribution in [2.45, 2.75) is 43.4 Å². The van der Waals surface area contributed by atoms with Crippen LogP contribution in [-0.4, -0.2) is 32.5 Å². The second kappa shape index (κ2) is 6.40.